The highest BCUT2D eigenvalue weighted by Gasteiger charge is 2.09. The SMILES string of the molecule is O=Cc1ccc(-c2nc(-c3ccccc3)no2)cc1. The fourth-order valence-corrected chi connectivity index (χ4v) is 1.75. The van der Waals surface area contributed by atoms with Crippen LogP contribution in [0.1, 0.15) is 10.4 Å². The molecule has 0 amide bonds. The van der Waals surface area contributed by atoms with E-state index in [1.54, 1.807) is 24.3 Å². The fourth-order valence-electron chi connectivity index (χ4n) is 1.75. The van der Waals surface area contributed by atoms with E-state index in [9.17, 15) is 4.79 Å². The van der Waals surface area contributed by atoms with Crippen LogP contribution in [0.15, 0.2) is 59.1 Å². The molecule has 3 aromatic rings. The predicted octanol–water partition coefficient (Wildman–Crippen LogP) is 3.22. The van der Waals surface area contributed by atoms with Crippen molar-refractivity contribution in [1.29, 1.82) is 0 Å². The molecule has 0 spiro atoms. The second-order valence-corrected chi connectivity index (χ2v) is 4.03. The average molecular weight is 250 g/mol. The maximum absolute atomic E-state index is 10.6. The lowest BCUT2D eigenvalue weighted by Crippen LogP contribution is -1.82. The number of hydrogen-bond acceptors (Lipinski definition) is 4. The number of rotatable bonds is 3. The molecule has 1 heterocycles. The van der Waals surface area contributed by atoms with Crippen LogP contribution in [-0.2, 0) is 0 Å². The predicted molar refractivity (Wildman–Crippen MR) is 70.6 cm³/mol. The first-order valence-corrected chi connectivity index (χ1v) is 5.81. The second kappa shape index (κ2) is 4.86. The van der Waals surface area contributed by atoms with Crippen molar-refractivity contribution >= 4 is 6.29 Å². The maximum atomic E-state index is 10.6. The summed E-state index contributed by atoms with van der Waals surface area (Å²) in [5, 5.41) is 3.95. The van der Waals surface area contributed by atoms with Crippen LogP contribution in [0.5, 0.6) is 0 Å². The number of nitrogens with zero attached hydrogens (tertiary/aromatic N) is 2. The van der Waals surface area contributed by atoms with Gasteiger partial charge in [0.25, 0.3) is 5.89 Å². The van der Waals surface area contributed by atoms with E-state index in [1.165, 1.54) is 0 Å². The molecule has 4 nitrogen and oxygen atoms in total. The maximum Gasteiger partial charge on any atom is 0.258 e. The van der Waals surface area contributed by atoms with Gasteiger partial charge in [0.15, 0.2) is 0 Å². The average Bonchev–Trinajstić information content (AvgIpc) is 2.98. The van der Waals surface area contributed by atoms with Crippen LogP contribution >= 0.6 is 0 Å². The minimum absolute atomic E-state index is 0.441. The van der Waals surface area contributed by atoms with Crippen LogP contribution in [0.4, 0.5) is 0 Å². The fraction of sp³-hybridized carbons (Fsp3) is 0. The lowest BCUT2D eigenvalue weighted by atomic mass is 10.1. The van der Waals surface area contributed by atoms with Gasteiger partial charge in [0, 0.05) is 16.7 Å². The minimum Gasteiger partial charge on any atom is -0.334 e. The van der Waals surface area contributed by atoms with Crippen molar-refractivity contribution in [2.45, 2.75) is 0 Å². The third-order valence-electron chi connectivity index (χ3n) is 2.75. The standard InChI is InChI=1S/C15H10N2O2/c18-10-11-6-8-13(9-7-11)15-16-14(17-19-15)12-4-2-1-3-5-12/h1-10H. The molecule has 0 aliphatic carbocycles. The summed E-state index contributed by atoms with van der Waals surface area (Å²) in [7, 11) is 0. The zero-order chi connectivity index (χ0) is 13.1. The normalized spacial score (nSPS) is 10.3. The summed E-state index contributed by atoms with van der Waals surface area (Å²) in [4.78, 5) is 14.9. The molecule has 1 aromatic heterocycles. The molecule has 0 aliphatic heterocycles. The van der Waals surface area contributed by atoms with Crippen LogP contribution in [0.25, 0.3) is 22.8 Å². The number of carbonyl (C=O) groups is 1. The van der Waals surface area contributed by atoms with Crippen molar-refractivity contribution < 1.29 is 9.32 Å². The van der Waals surface area contributed by atoms with E-state index < -0.39 is 0 Å². The monoisotopic (exact) mass is 250 g/mol. The Morgan fingerprint density at radius 1 is 0.895 bits per heavy atom. The lowest BCUT2D eigenvalue weighted by Gasteiger charge is -1.94. The van der Waals surface area contributed by atoms with Crippen LogP contribution in [0.2, 0.25) is 0 Å². The number of benzene rings is 2. The topological polar surface area (TPSA) is 56.0 Å². The van der Waals surface area contributed by atoms with Gasteiger partial charge >= 0.3 is 0 Å². The van der Waals surface area contributed by atoms with Gasteiger partial charge in [-0.2, -0.15) is 4.98 Å². The van der Waals surface area contributed by atoms with Gasteiger partial charge in [0.2, 0.25) is 5.82 Å². The number of aromatic nitrogens is 2. The molecular weight excluding hydrogens is 240 g/mol. The molecule has 0 saturated carbocycles. The third-order valence-corrected chi connectivity index (χ3v) is 2.75. The summed E-state index contributed by atoms with van der Waals surface area (Å²) >= 11 is 0. The Labute approximate surface area is 109 Å². The van der Waals surface area contributed by atoms with Crippen molar-refractivity contribution in [1.82, 2.24) is 10.1 Å². The Balaban J connectivity index is 1.94. The van der Waals surface area contributed by atoms with E-state index in [0.29, 0.717) is 17.3 Å². The van der Waals surface area contributed by atoms with Crippen molar-refractivity contribution in [3.05, 3.63) is 60.2 Å². The molecule has 2 aromatic carbocycles. The summed E-state index contributed by atoms with van der Waals surface area (Å²) in [5.41, 5.74) is 2.31. The molecule has 0 N–H and O–H groups in total. The van der Waals surface area contributed by atoms with Crippen LogP contribution in [-0.4, -0.2) is 16.4 Å². The van der Waals surface area contributed by atoms with E-state index in [4.69, 9.17) is 4.52 Å². The molecule has 0 saturated heterocycles. The first kappa shape index (κ1) is 11.3. The van der Waals surface area contributed by atoms with Crippen molar-refractivity contribution in [3.63, 3.8) is 0 Å². The minimum atomic E-state index is 0.441. The first-order valence-electron chi connectivity index (χ1n) is 5.81. The van der Waals surface area contributed by atoms with Gasteiger partial charge in [-0.05, 0) is 12.1 Å². The molecule has 0 atom stereocenters. The summed E-state index contributed by atoms with van der Waals surface area (Å²) in [6, 6.07) is 16.6. The van der Waals surface area contributed by atoms with Crippen molar-refractivity contribution in [3.8, 4) is 22.8 Å². The Bertz CT molecular complexity index is 688. The smallest absolute Gasteiger partial charge is 0.258 e. The summed E-state index contributed by atoms with van der Waals surface area (Å²) in [5.74, 6) is 0.992. The first-order chi connectivity index (χ1) is 9.36. The third kappa shape index (κ3) is 2.28. The number of aldehydes is 1. The summed E-state index contributed by atoms with van der Waals surface area (Å²) in [6.45, 7) is 0. The molecule has 4 heteroatoms. The second-order valence-electron chi connectivity index (χ2n) is 4.03. The Morgan fingerprint density at radius 2 is 1.63 bits per heavy atom. The van der Waals surface area contributed by atoms with E-state index in [0.717, 1.165) is 17.4 Å². The molecule has 19 heavy (non-hydrogen) atoms. The highest BCUT2D eigenvalue weighted by Crippen LogP contribution is 2.21. The highest BCUT2D eigenvalue weighted by molar-refractivity contribution is 5.76. The molecule has 3 rings (SSSR count). The quantitative estimate of drug-likeness (QED) is 0.670. The van der Waals surface area contributed by atoms with E-state index in [-0.39, 0.29) is 0 Å². The van der Waals surface area contributed by atoms with Gasteiger partial charge in [-0.1, -0.05) is 47.6 Å². The molecule has 0 bridgehead atoms. The van der Waals surface area contributed by atoms with Gasteiger partial charge in [0.05, 0.1) is 0 Å². The summed E-state index contributed by atoms with van der Waals surface area (Å²) < 4.78 is 5.23. The van der Waals surface area contributed by atoms with Crippen molar-refractivity contribution in [2.24, 2.45) is 0 Å². The Morgan fingerprint density at radius 3 is 2.32 bits per heavy atom. The van der Waals surface area contributed by atoms with E-state index in [1.807, 2.05) is 30.3 Å². The molecule has 0 aliphatic rings. The Hall–Kier alpha value is -2.75. The van der Waals surface area contributed by atoms with E-state index >= 15 is 0 Å². The number of carbonyl (C=O) groups excluding carboxylic acids is 1. The van der Waals surface area contributed by atoms with Gasteiger partial charge < -0.3 is 4.52 Å². The molecule has 0 radical (unpaired) electrons. The highest BCUT2D eigenvalue weighted by atomic mass is 16.5. The van der Waals surface area contributed by atoms with Crippen LogP contribution in [0, 0.1) is 0 Å². The van der Waals surface area contributed by atoms with Crippen molar-refractivity contribution in [2.75, 3.05) is 0 Å². The zero-order valence-corrected chi connectivity index (χ0v) is 9.98. The lowest BCUT2D eigenvalue weighted by molar-refractivity contribution is 0.112. The Kier molecular flexibility index (Phi) is 2.90. The number of hydrogen-bond donors (Lipinski definition) is 0. The summed E-state index contributed by atoms with van der Waals surface area (Å²) in [6.07, 6.45) is 0.799. The molecule has 0 unspecified atom stereocenters. The van der Waals surface area contributed by atoms with Gasteiger partial charge in [0.1, 0.15) is 6.29 Å². The van der Waals surface area contributed by atoms with Crippen LogP contribution in [0.3, 0.4) is 0 Å². The van der Waals surface area contributed by atoms with Gasteiger partial charge in [-0.25, -0.2) is 0 Å². The zero-order valence-electron chi connectivity index (χ0n) is 9.98. The molecular formula is C15H10N2O2. The van der Waals surface area contributed by atoms with Gasteiger partial charge in [-0.3, -0.25) is 4.79 Å². The molecule has 92 valence electrons. The molecule has 0 fully saturated rings. The van der Waals surface area contributed by atoms with E-state index in [2.05, 4.69) is 10.1 Å². The van der Waals surface area contributed by atoms with Gasteiger partial charge in [-0.15, -0.1) is 0 Å². The van der Waals surface area contributed by atoms with Crippen LogP contribution < -0.4 is 0 Å². The largest absolute Gasteiger partial charge is 0.334 e.